The normalized spacial score (nSPS) is 32.0. The number of hydrogen-bond donors (Lipinski definition) is 1. The first-order valence-corrected chi connectivity index (χ1v) is 10.7. The number of imide groups is 1. The van der Waals surface area contributed by atoms with Crippen LogP contribution < -0.4 is 10.2 Å². The van der Waals surface area contributed by atoms with Crippen molar-refractivity contribution in [2.75, 3.05) is 16.8 Å². The summed E-state index contributed by atoms with van der Waals surface area (Å²) in [7, 11) is 0. The number of nitrogens with zero attached hydrogens (tertiary/aromatic N) is 2. The molecule has 0 bridgehead atoms. The Labute approximate surface area is 182 Å². The van der Waals surface area contributed by atoms with Crippen molar-refractivity contribution >= 4 is 52.3 Å². The van der Waals surface area contributed by atoms with Crippen LogP contribution in [0.2, 0.25) is 10.0 Å². The molecule has 8 heteroatoms. The van der Waals surface area contributed by atoms with E-state index in [0.29, 0.717) is 17.3 Å². The summed E-state index contributed by atoms with van der Waals surface area (Å²) in [6.45, 7) is 0.678. The van der Waals surface area contributed by atoms with Crippen molar-refractivity contribution in [3.63, 3.8) is 0 Å². The molecule has 152 valence electrons. The molecular weight excluding hydrogens is 425 g/mol. The highest BCUT2D eigenvalue weighted by molar-refractivity contribution is 6.38. The van der Waals surface area contributed by atoms with Gasteiger partial charge in [-0.1, -0.05) is 41.4 Å². The lowest BCUT2D eigenvalue weighted by Gasteiger charge is -2.36. The summed E-state index contributed by atoms with van der Waals surface area (Å²) >= 11 is 12.5. The summed E-state index contributed by atoms with van der Waals surface area (Å²) in [6.07, 6.45) is 1.65. The van der Waals surface area contributed by atoms with Crippen LogP contribution in [0, 0.1) is 11.8 Å². The number of fused-ring (bicyclic) bond motifs is 7. The molecule has 4 aliphatic rings. The summed E-state index contributed by atoms with van der Waals surface area (Å²) < 4.78 is 0. The van der Waals surface area contributed by atoms with Crippen LogP contribution in [0.25, 0.3) is 0 Å². The van der Waals surface area contributed by atoms with Gasteiger partial charge in [-0.3, -0.25) is 19.3 Å². The number of carbonyl (C=O) groups is 3. The lowest BCUT2D eigenvalue weighted by atomic mass is 9.75. The van der Waals surface area contributed by atoms with Crippen LogP contribution in [0.1, 0.15) is 18.4 Å². The zero-order chi connectivity index (χ0) is 20.8. The average molecular weight is 442 g/mol. The zero-order valence-electron chi connectivity index (χ0n) is 15.8. The summed E-state index contributed by atoms with van der Waals surface area (Å²) in [5, 5.41) is 3.61. The third kappa shape index (κ3) is 2.02. The van der Waals surface area contributed by atoms with Gasteiger partial charge in [0.05, 0.1) is 22.5 Å². The number of halogens is 2. The van der Waals surface area contributed by atoms with Gasteiger partial charge in [-0.2, -0.15) is 0 Å². The van der Waals surface area contributed by atoms with Crippen LogP contribution in [0.3, 0.4) is 0 Å². The van der Waals surface area contributed by atoms with E-state index in [2.05, 4.69) is 10.2 Å². The van der Waals surface area contributed by atoms with Crippen LogP contribution in [0.15, 0.2) is 42.5 Å². The van der Waals surface area contributed by atoms with E-state index in [0.717, 1.165) is 23.3 Å². The SMILES string of the molecule is O=C1[C@@H]2[C@@H]3CCCN3[C@@]3(C(=O)Nc4ccccc43)[C@H]2C(=O)N1c1cc(Cl)ccc1Cl. The minimum atomic E-state index is -1.17. The third-order valence-electron chi connectivity index (χ3n) is 7.05. The Morgan fingerprint density at radius 2 is 1.83 bits per heavy atom. The molecule has 0 aliphatic carbocycles. The van der Waals surface area contributed by atoms with Crippen molar-refractivity contribution < 1.29 is 14.4 Å². The fourth-order valence-corrected chi connectivity index (χ4v) is 6.42. The highest BCUT2D eigenvalue weighted by Crippen LogP contribution is 2.60. The second-order valence-corrected chi connectivity index (χ2v) is 9.12. The number of amides is 3. The van der Waals surface area contributed by atoms with Gasteiger partial charge < -0.3 is 5.32 Å². The van der Waals surface area contributed by atoms with Gasteiger partial charge in [0.2, 0.25) is 17.7 Å². The standard InChI is InChI=1S/C22H17Cl2N3O3/c23-11-7-8-13(24)16(10-11)27-19(28)17-15-6-3-9-26(15)22(18(17)20(27)29)12-4-1-2-5-14(12)25-21(22)30/h1-2,4-5,7-8,10,15,17-18H,3,6,9H2,(H,25,30)/t15-,17+,18+,22+/m0/s1. The van der Waals surface area contributed by atoms with Crippen LogP contribution >= 0.6 is 23.2 Å². The maximum atomic E-state index is 13.8. The van der Waals surface area contributed by atoms with Crippen molar-refractivity contribution in [2.45, 2.75) is 24.4 Å². The van der Waals surface area contributed by atoms with E-state index >= 15 is 0 Å². The molecule has 0 radical (unpaired) electrons. The van der Waals surface area contributed by atoms with Gasteiger partial charge in [-0.15, -0.1) is 0 Å². The molecule has 30 heavy (non-hydrogen) atoms. The molecular formula is C22H17Cl2N3O3. The monoisotopic (exact) mass is 441 g/mol. The third-order valence-corrected chi connectivity index (χ3v) is 7.60. The molecule has 2 aromatic carbocycles. The largest absolute Gasteiger partial charge is 0.324 e. The van der Waals surface area contributed by atoms with Crippen molar-refractivity contribution in [1.29, 1.82) is 0 Å². The fraction of sp³-hybridized carbons (Fsp3) is 0.318. The van der Waals surface area contributed by atoms with E-state index in [9.17, 15) is 14.4 Å². The highest BCUT2D eigenvalue weighted by Gasteiger charge is 2.74. The Morgan fingerprint density at radius 1 is 1.03 bits per heavy atom. The number of anilines is 2. The number of para-hydroxylation sites is 1. The molecule has 4 aliphatic heterocycles. The van der Waals surface area contributed by atoms with Crippen LogP contribution in [0.5, 0.6) is 0 Å². The molecule has 6 nitrogen and oxygen atoms in total. The zero-order valence-corrected chi connectivity index (χ0v) is 17.3. The lowest BCUT2D eigenvalue weighted by Crippen LogP contribution is -2.54. The molecule has 3 fully saturated rings. The molecule has 0 saturated carbocycles. The summed E-state index contributed by atoms with van der Waals surface area (Å²) in [4.78, 5) is 44.1. The molecule has 4 atom stereocenters. The number of carbonyl (C=O) groups excluding carboxylic acids is 3. The number of rotatable bonds is 1. The molecule has 1 N–H and O–H groups in total. The Morgan fingerprint density at radius 3 is 2.67 bits per heavy atom. The van der Waals surface area contributed by atoms with Crippen LogP contribution in [-0.2, 0) is 19.9 Å². The van der Waals surface area contributed by atoms with Gasteiger partial charge in [-0.05, 0) is 43.7 Å². The number of nitrogens with one attached hydrogen (secondary N) is 1. The van der Waals surface area contributed by atoms with Crippen molar-refractivity contribution in [2.24, 2.45) is 11.8 Å². The molecule has 4 heterocycles. The second kappa shape index (κ2) is 6.06. The van der Waals surface area contributed by atoms with Gasteiger partial charge in [0.1, 0.15) is 5.54 Å². The first-order valence-electron chi connectivity index (χ1n) is 9.97. The van der Waals surface area contributed by atoms with E-state index in [1.165, 1.54) is 6.07 Å². The van der Waals surface area contributed by atoms with Gasteiger partial charge in [0.25, 0.3) is 0 Å². The maximum absolute atomic E-state index is 13.8. The Bertz CT molecular complexity index is 1150. The van der Waals surface area contributed by atoms with Gasteiger partial charge in [-0.25, -0.2) is 4.90 Å². The quantitative estimate of drug-likeness (QED) is 0.688. The minimum Gasteiger partial charge on any atom is -0.324 e. The van der Waals surface area contributed by atoms with Gasteiger partial charge in [0, 0.05) is 22.3 Å². The van der Waals surface area contributed by atoms with Crippen LogP contribution in [-0.4, -0.2) is 35.2 Å². The minimum absolute atomic E-state index is 0.161. The van der Waals surface area contributed by atoms with Gasteiger partial charge >= 0.3 is 0 Å². The van der Waals surface area contributed by atoms with E-state index in [1.807, 2.05) is 24.3 Å². The summed E-state index contributed by atoms with van der Waals surface area (Å²) in [6, 6.07) is 12.0. The Balaban J connectivity index is 1.57. The fourth-order valence-electron chi connectivity index (χ4n) is 6.05. The van der Waals surface area contributed by atoms with Crippen molar-refractivity contribution in [3.8, 4) is 0 Å². The molecule has 3 saturated heterocycles. The predicted molar refractivity (Wildman–Crippen MR) is 112 cm³/mol. The Hall–Kier alpha value is -2.41. The molecule has 1 spiro atoms. The average Bonchev–Trinajstić information content (AvgIpc) is 3.42. The molecule has 0 unspecified atom stereocenters. The van der Waals surface area contributed by atoms with Gasteiger partial charge in [0.15, 0.2) is 0 Å². The van der Waals surface area contributed by atoms with E-state index in [1.54, 1.807) is 12.1 Å². The van der Waals surface area contributed by atoms with E-state index in [-0.39, 0.29) is 28.6 Å². The first-order chi connectivity index (χ1) is 14.5. The van der Waals surface area contributed by atoms with Crippen molar-refractivity contribution in [3.05, 3.63) is 58.1 Å². The van der Waals surface area contributed by atoms with E-state index in [4.69, 9.17) is 23.2 Å². The number of benzene rings is 2. The molecule has 0 aromatic heterocycles. The second-order valence-electron chi connectivity index (χ2n) is 8.28. The summed E-state index contributed by atoms with van der Waals surface area (Å²) in [5.41, 5.74) is 0.581. The molecule has 3 amide bonds. The number of hydrogen-bond acceptors (Lipinski definition) is 4. The van der Waals surface area contributed by atoms with Crippen molar-refractivity contribution in [1.82, 2.24) is 4.90 Å². The maximum Gasteiger partial charge on any atom is 0.250 e. The molecule has 6 rings (SSSR count). The van der Waals surface area contributed by atoms with E-state index < -0.39 is 23.3 Å². The topological polar surface area (TPSA) is 69.7 Å². The smallest absolute Gasteiger partial charge is 0.250 e. The predicted octanol–water partition coefficient (Wildman–Crippen LogP) is 3.42. The molecule has 2 aromatic rings. The Kier molecular flexibility index (Phi) is 3.71. The first kappa shape index (κ1) is 18.4. The highest BCUT2D eigenvalue weighted by atomic mass is 35.5. The summed E-state index contributed by atoms with van der Waals surface area (Å²) in [5.74, 6) is -2.32. The lowest BCUT2D eigenvalue weighted by molar-refractivity contribution is -0.135. The van der Waals surface area contributed by atoms with Crippen LogP contribution in [0.4, 0.5) is 11.4 Å².